The molecule has 2 nitrogen and oxygen atoms in total. The second-order valence-corrected chi connectivity index (χ2v) is 17.8. The lowest BCUT2D eigenvalue weighted by molar-refractivity contribution is 1.12. The summed E-state index contributed by atoms with van der Waals surface area (Å²) in [4.78, 5) is 5.94. The zero-order valence-corrected chi connectivity index (χ0v) is 32.9. The maximum Gasteiger partial charge on any atom is 0.0391 e. The van der Waals surface area contributed by atoms with E-state index < -0.39 is 15.8 Å². The largest absolute Gasteiger partial charge is 0.378 e. The molecule has 0 aliphatic rings. The van der Waals surface area contributed by atoms with Crippen molar-refractivity contribution in [3.05, 3.63) is 219 Å². The van der Waals surface area contributed by atoms with Gasteiger partial charge in [0.25, 0.3) is 0 Å². The Kier molecular flexibility index (Phi) is 11.2. The molecular weight excluding hydrogens is 703 g/mol. The van der Waals surface area contributed by atoms with E-state index in [9.17, 15) is 0 Å². The third-order valence-electron chi connectivity index (χ3n) is 9.78. The molecule has 9 aromatic rings. The standard InChI is InChI=1S/C44H32P2.C7H10N2/c1-5-19-35(20-6-1)45(36-21-7-2-8-22-36)41-31-29-33-17-13-15-27-39(33)43(41)44-40-28-16-14-18-34(40)30-32-42(44)46(37-23-9-3-10-24-37)38-25-11-4-12-26-38;1-9(2)7-3-5-8-6-4-7/h1-32H;3-6H,1-2H3. The predicted octanol–water partition coefficient (Wildman–Crippen LogP) is 10.3. The van der Waals surface area contributed by atoms with Crippen LogP contribution in [0.25, 0.3) is 32.7 Å². The molecule has 55 heavy (non-hydrogen) atoms. The lowest BCUT2D eigenvalue weighted by atomic mass is 9.93. The van der Waals surface area contributed by atoms with Gasteiger partial charge in [0.2, 0.25) is 0 Å². The Morgan fingerprint density at radius 3 is 1.00 bits per heavy atom. The second kappa shape index (κ2) is 17.0. The Morgan fingerprint density at radius 1 is 0.345 bits per heavy atom. The van der Waals surface area contributed by atoms with Crippen LogP contribution in [0.15, 0.2) is 219 Å². The SMILES string of the molecule is CN(C)c1ccncc1.c1ccc(P(c2ccccc2)c2ccc3ccccc3c2-c2c(P(c3ccccc3)c3ccccc3)ccc3ccccc23)cc1. The van der Waals surface area contributed by atoms with Crippen molar-refractivity contribution in [3.63, 3.8) is 0 Å². The Bertz CT molecular complexity index is 2370. The number of hydrogen-bond acceptors (Lipinski definition) is 2. The summed E-state index contributed by atoms with van der Waals surface area (Å²) in [7, 11) is 2.31. The van der Waals surface area contributed by atoms with E-state index in [0.717, 1.165) is 0 Å². The minimum atomic E-state index is -0.852. The Morgan fingerprint density at radius 2 is 0.673 bits per heavy atom. The highest BCUT2D eigenvalue weighted by molar-refractivity contribution is 7.80. The topological polar surface area (TPSA) is 16.1 Å². The van der Waals surface area contributed by atoms with Crippen LogP contribution in [0, 0.1) is 0 Å². The van der Waals surface area contributed by atoms with Crippen LogP contribution in [0.1, 0.15) is 0 Å². The minimum absolute atomic E-state index is 0.852. The van der Waals surface area contributed by atoms with Gasteiger partial charge < -0.3 is 4.90 Å². The zero-order chi connectivity index (χ0) is 37.4. The Labute approximate surface area is 327 Å². The third kappa shape index (κ3) is 7.85. The zero-order valence-electron chi connectivity index (χ0n) is 31.1. The van der Waals surface area contributed by atoms with Crippen LogP contribution in [-0.4, -0.2) is 19.1 Å². The normalized spacial score (nSPS) is 11.1. The number of aromatic nitrogens is 1. The molecule has 0 saturated heterocycles. The molecule has 0 aliphatic carbocycles. The molecule has 0 bridgehead atoms. The molecule has 0 unspecified atom stereocenters. The number of fused-ring (bicyclic) bond motifs is 2. The molecule has 0 saturated carbocycles. The molecule has 1 aromatic heterocycles. The molecule has 1 heterocycles. The van der Waals surface area contributed by atoms with Gasteiger partial charge in [-0.3, -0.25) is 4.98 Å². The highest BCUT2D eigenvalue weighted by Crippen LogP contribution is 2.45. The van der Waals surface area contributed by atoms with Crippen molar-refractivity contribution in [1.82, 2.24) is 4.98 Å². The number of anilines is 1. The van der Waals surface area contributed by atoms with Crippen molar-refractivity contribution < 1.29 is 0 Å². The molecule has 0 amide bonds. The number of benzene rings is 8. The second-order valence-electron chi connectivity index (χ2n) is 13.5. The summed E-state index contributed by atoms with van der Waals surface area (Å²) in [6, 6.07) is 75.8. The van der Waals surface area contributed by atoms with Gasteiger partial charge in [-0.15, -0.1) is 0 Å². The Hall–Kier alpha value is -5.91. The molecule has 0 aliphatic heterocycles. The number of pyridine rings is 1. The van der Waals surface area contributed by atoms with Gasteiger partial charge in [-0.2, -0.15) is 0 Å². The van der Waals surface area contributed by atoms with Gasteiger partial charge in [-0.05, 0) is 92.5 Å². The first-order valence-corrected chi connectivity index (χ1v) is 21.3. The van der Waals surface area contributed by atoms with E-state index >= 15 is 0 Å². The molecule has 0 atom stereocenters. The molecule has 0 fully saturated rings. The maximum absolute atomic E-state index is 3.90. The highest BCUT2D eigenvalue weighted by atomic mass is 31.1. The third-order valence-corrected chi connectivity index (χ3v) is 14.7. The van der Waals surface area contributed by atoms with E-state index in [0.29, 0.717) is 0 Å². The van der Waals surface area contributed by atoms with E-state index in [-0.39, 0.29) is 0 Å². The van der Waals surface area contributed by atoms with Crippen molar-refractivity contribution in [3.8, 4) is 11.1 Å². The summed E-state index contributed by atoms with van der Waals surface area (Å²) >= 11 is 0. The fourth-order valence-electron chi connectivity index (χ4n) is 7.22. The van der Waals surface area contributed by atoms with Crippen molar-refractivity contribution in [2.45, 2.75) is 0 Å². The van der Waals surface area contributed by atoms with Gasteiger partial charge in [0.15, 0.2) is 0 Å². The van der Waals surface area contributed by atoms with Crippen LogP contribution in [0.5, 0.6) is 0 Å². The molecule has 266 valence electrons. The van der Waals surface area contributed by atoms with Gasteiger partial charge in [-0.1, -0.05) is 194 Å². The number of hydrogen-bond donors (Lipinski definition) is 0. The summed E-state index contributed by atoms with van der Waals surface area (Å²) in [6.45, 7) is 0. The quantitative estimate of drug-likeness (QED) is 0.144. The summed E-state index contributed by atoms with van der Waals surface area (Å²) in [5, 5.41) is 13.3. The summed E-state index contributed by atoms with van der Waals surface area (Å²) in [5.41, 5.74) is 3.89. The summed E-state index contributed by atoms with van der Waals surface area (Å²) in [5.74, 6) is 0. The summed E-state index contributed by atoms with van der Waals surface area (Å²) < 4.78 is 0. The van der Waals surface area contributed by atoms with Gasteiger partial charge in [0.05, 0.1) is 0 Å². The fraction of sp³-hybridized carbons (Fsp3) is 0.0392. The lowest BCUT2D eigenvalue weighted by Gasteiger charge is -2.28. The number of rotatable bonds is 8. The molecule has 0 N–H and O–H groups in total. The molecule has 0 spiro atoms. The van der Waals surface area contributed by atoms with Gasteiger partial charge >= 0.3 is 0 Å². The average Bonchev–Trinajstić information content (AvgIpc) is 3.26. The van der Waals surface area contributed by atoms with Crippen LogP contribution < -0.4 is 36.7 Å². The van der Waals surface area contributed by atoms with Crippen LogP contribution in [0.4, 0.5) is 5.69 Å². The predicted molar refractivity (Wildman–Crippen MR) is 243 cm³/mol. The molecule has 9 rings (SSSR count). The summed E-state index contributed by atoms with van der Waals surface area (Å²) in [6.07, 6.45) is 3.57. The molecule has 8 aromatic carbocycles. The van der Waals surface area contributed by atoms with Crippen molar-refractivity contribution >= 4 is 74.9 Å². The van der Waals surface area contributed by atoms with E-state index in [2.05, 4.69) is 199 Å². The first kappa shape index (κ1) is 36.1. The monoisotopic (exact) mass is 744 g/mol. The van der Waals surface area contributed by atoms with Crippen molar-refractivity contribution in [2.75, 3.05) is 19.0 Å². The lowest BCUT2D eigenvalue weighted by Crippen LogP contribution is -2.26. The van der Waals surface area contributed by atoms with Crippen LogP contribution in [-0.2, 0) is 0 Å². The first-order valence-electron chi connectivity index (χ1n) is 18.6. The van der Waals surface area contributed by atoms with E-state index in [1.165, 1.54) is 70.2 Å². The van der Waals surface area contributed by atoms with Gasteiger partial charge in [0, 0.05) is 32.2 Å². The Balaban J connectivity index is 0.000000419. The average molecular weight is 745 g/mol. The van der Waals surface area contributed by atoms with E-state index in [1.54, 1.807) is 12.4 Å². The van der Waals surface area contributed by atoms with Crippen LogP contribution in [0.2, 0.25) is 0 Å². The van der Waals surface area contributed by atoms with Crippen molar-refractivity contribution in [2.24, 2.45) is 0 Å². The molecular formula is C51H42N2P2. The smallest absolute Gasteiger partial charge is 0.0391 e. The van der Waals surface area contributed by atoms with Gasteiger partial charge in [0.1, 0.15) is 0 Å². The number of nitrogens with zero attached hydrogens (tertiary/aromatic N) is 2. The van der Waals surface area contributed by atoms with Crippen LogP contribution in [0.3, 0.4) is 0 Å². The van der Waals surface area contributed by atoms with E-state index in [1.807, 2.05) is 31.1 Å². The van der Waals surface area contributed by atoms with E-state index in [4.69, 9.17) is 0 Å². The van der Waals surface area contributed by atoms with Gasteiger partial charge in [-0.25, -0.2) is 0 Å². The first-order chi connectivity index (χ1) is 27.2. The van der Waals surface area contributed by atoms with Crippen molar-refractivity contribution in [1.29, 1.82) is 0 Å². The molecule has 4 heteroatoms. The molecule has 0 radical (unpaired) electrons. The fourth-order valence-corrected chi connectivity index (χ4v) is 12.2. The van der Waals surface area contributed by atoms with Crippen LogP contribution >= 0.6 is 15.8 Å². The highest BCUT2D eigenvalue weighted by Gasteiger charge is 2.28. The minimum Gasteiger partial charge on any atom is -0.378 e. The maximum atomic E-state index is 3.90.